The second-order valence-corrected chi connectivity index (χ2v) is 12.0. The van der Waals surface area contributed by atoms with Crippen LogP contribution in [0.2, 0.25) is 6.55 Å². The van der Waals surface area contributed by atoms with Crippen LogP contribution in [0, 0.1) is 0 Å². The Hall–Kier alpha value is -0.483. The van der Waals surface area contributed by atoms with E-state index in [1.807, 2.05) is 0 Å². The smallest absolute Gasteiger partial charge is 0.344 e. The lowest BCUT2D eigenvalue weighted by Gasteiger charge is -2.53. The maximum absolute atomic E-state index is 3.94. The Bertz CT molecular complexity index is 331. The molecule has 0 saturated carbocycles. The van der Waals surface area contributed by atoms with E-state index in [1.165, 1.54) is 0 Å². The quantitative estimate of drug-likeness (QED) is 0.741. The van der Waals surface area contributed by atoms with Crippen LogP contribution in [0.5, 0.6) is 0 Å². The van der Waals surface area contributed by atoms with Gasteiger partial charge in [-0.25, -0.2) is 0 Å². The molecule has 0 saturated heterocycles. The second kappa shape index (κ2) is 4.52. The summed E-state index contributed by atoms with van der Waals surface area (Å²) < 4.78 is 5.10. The Morgan fingerprint density at radius 1 is 0.737 bits per heavy atom. The maximum Gasteiger partial charge on any atom is 0.344 e. The number of nitrogens with one attached hydrogen (secondary N) is 1. The molecular weight excluding hydrogens is 250 g/mol. The second-order valence-electron chi connectivity index (χ2n) is 8.78. The first-order valence-corrected chi connectivity index (χ1v) is 9.64. The van der Waals surface area contributed by atoms with E-state index in [2.05, 4.69) is 95.4 Å². The largest absolute Gasteiger partial charge is 0.369 e. The Kier molecular flexibility index (Phi) is 3.94. The van der Waals surface area contributed by atoms with Gasteiger partial charge < -0.3 is 9.13 Å². The number of hydrogen-bond donors (Lipinski definition) is 1. The molecule has 0 spiro atoms. The summed E-state index contributed by atoms with van der Waals surface area (Å²) in [6.07, 6.45) is 4.55. The lowest BCUT2D eigenvalue weighted by atomic mass is 10.1. The normalized spacial score (nSPS) is 20.3. The van der Waals surface area contributed by atoms with Crippen LogP contribution in [0.15, 0.2) is 12.4 Å². The van der Waals surface area contributed by atoms with Crippen LogP contribution in [0.4, 0.5) is 0 Å². The first kappa shape index (κ1) is 16.6. The van der Waals surface area contributed by atoms with Crippen LogP contribution in [-0.4, -0.2) is 34.3 Å². The van der Waals surface area contributed by atoms with Gasteiger partial charge >= 0.3 is 8.56 Å². The van der Waals surface area contributed by atoms with Crippen molar-refractivity contribution in [2.45, 2.75) is 85.5 Å². The van der Waals surface area contributed by atoms with Gasteiger partial charge in [-0.05, 0) is 68.9 Å². The molecule has 0 unspecified atom stereocenters. The third kappa shape index (κ3) is 3.54. The fraction of sp³-hybridized carbons (Fsp3) is 0.867. The van der Waals surface area contributed by atoms with Gasteiger partial charge in [0.2, 0.25) is 0 Å². The van der Waals surface area contributed by atoms with E-state index in [-0.39, 0.29) is 16.6 Å². The highest BCUT2D eigenvalue weighted by atomic mass is 28.4. The van der Waals surface area contributed by atoms with Gasteiger partial charge in [0, 0.05) is 29.0 Å². The third-order valence-corrected chi connectivity index (χ3v) is 8.10. The van der Waals surface area contributed by atoms with E-state index < -0.39 is 8.56 Å². The number of rotatable bonds is 1. The fourth-order valence-corrected chi connectivity index (χ4v) is 8.34. The number of hydrogen-bond acceptors (Lipinski definition) is 3. The molecular formula is C15H33N3Si. The minimum Gasteiger partial charge on any atom is -0.369 e. The topological polar surface area (TPSA) is 18.5 Å². The summed E-state index contributed by atoms with van der Waals surface area (Å²) in [5, 5.41) is 0. The number of nitrogens with zero attached hydrogens (tertiary/aromatic N) is 2. The van der Waals surface area contributed by atoms with Crippen molar-refractivity contribution in [1.29, 1.82) is 0 Å². The first-order chi connectivity index (χ1) is 8.18. The average molecular weight is 284 g/mol. The zero-order valence-electron chi connectivity index (χ0n) is 14.5. The molecule has 4 heteroatoms. The third-order valence-electron chi connectivity index (χ3n) is 3.36. The Labute approximate surface area is 121 Å². The van der Waals surface area contributed by atoms with Crippen LogP contribution in [0.25, 0.3) is 0 Å². The van der Waals surface area contributed by atoms with Crippen molar-refractivity contribution < 1.29 is 0 Å². The molecule has 19 heavy (non-hydrogen) atoms. The van der Waals surface area contributed by atoms with Crippen molar-refractivity contribution in [3.05, 3.63) is 12.4 Å². The lowest BCUT2D eigenvalue weighted by Crippen LogP contribution is -2.76. The highest BCUT2D eigenvalue weighted by molar-refractivity contribution is 6.72. The molecule has 1 rings (SSSR count). The lowest BCUT2D eigenvalue weighted by molar-refractivity contribution is 0.246. The molecule has 0 atom stereocenters. The van der Waals surface area contributed by atoms with Crippen molar-refractivity contribution in [3.63, 3.8) is 0 Å². The maximum atomic E-state index is 3.94. The van der Waals surface area contributed by atoms with Crippen molar-refractivity contribution in [1.82, 2.24) is 14.1 Å². The molecule has 0 radical (unpaired) electrons. The SMILES string of the molecule is CC(C)(C)N[Si]1(C)N(C(C)(C)C)C=CN1C(C)(C)C. The van der Waals surface area contributed by atoms with E-state index in [0.717, 1.165) is 0 Å². The highest BCUT2D eigenvalue weighted by Crippen LogP contribution is 2.35. The zero-order chi connectivity index (χ0) is 15.3. The molecule has 0 aromatic carbocycles. The Morgan fingerprint density at radius 2 is 1.05 bits per heavy atom. The van der Waals surface area contributed by atoms with Gasteiger partial charge in [-0.15, -0.1) is 0 Å². The standard InChI is InChI=1S/C15H33N3Si/c1-13(2,3)16-19(10)17(14(4,5)6)11-12-18(19)15(7,8)9/h11-12,16H,1-10H3. The predicted octanol–water partition coefficient (Wildman–Crippen LogP) is 3.63. The van der Waals surface area contributed by atoms with E-state index in [4.69, 9.17) is 0 Å². The van der Waals surface area contributed by atoms with Crippen LogP contribution in [0.1, 0.15) is 62.3 Å². The van der Waals surface area contributed by atoms with Gasteiger partial charge in [0.15, 0.2) is 0 Å². The van der Waals surface area contributed by atoms with E-state index in [1.54, 1.807) is 0 Å². The summed E-state index contributed by atoms with van der Waals surface area (Å²) >= 11 is 0. The summed E-state index contributed by atoms with van der Waals surface area (Å²) in [6.45, 7) is 22.9. The van der Waals surface area contributed by atoms with Gasteiger partial charge in [0.1, 0.15) is 0 Å². The van der Waals surface area contributed by atoms with Crippen LogP contribution in [0.3, 0.4) is 0 Å². The zero-order valence-corrected chi connectivity index (χ0v) is 15.5. The van der Waals surface area contributed by atoms with Crippen LogP contribution in [-0.2, 0) is 0 Å². The molecule has 0 amide bonds. The van der Waals surface area contributed by atoms with Crippen molar-refractivity contribution in [3.8, 4) is 0 Å². The average Bonchev–Trinajstić information content (AvgIpc) is 2.35. The first-order valence-electron chi connectivity index (χ1n) is 7.24. The van der Waals surface area contributed by atoms with Gasteiger partial charge in [0.05, 0.1) is 0 Å². The molecule has 1 heterocycles. The molecule has 1 aliphatic rings. The summed E-state index contributed by atoms with van der Waals surface area (Å²) in [4.78, 5) is 3.94. The van der Waals surface area contributed by atoms with E-state index >= 15 is 0 Å². The molecule has 0 bridgehead atoms. The van der Waals surface area contributed by atoms with Gasteiger partial charge in [-0.2, -0.15) is 0 Å². The van der Waals surface area contributed by atoms with Gasteiger partial charge in [-0.3, -0.25) is 4.98 Å². The summed E-state index contributed by atoms with van der Waals surface area (Å²) in [5.41, 5.74) is 0.380. The van der Waals surface area contributed by atoms with Crippen LogP contribution >= 0.6 is 0 Å². The molecule has 0 aromatic heterocycles. The molecule has 0 aliphatic carbocycles. The summed E-state index contributed by atoms with van der Waals surface area (Å²) in [7, 11) is -1.95. The molecule has 3 nitrogen and oxygen atoms in total. The Morgan fingerprint density at radius 3 is 1.26 bits per heavy atom. The summed E-state index contributed by atoms with van der Waals surface area (Å²) in [6, 6.07) is 0. The van der Waals surface area contributed by atoms with Gasteiger partial charge in [0.25, 0.3) is 0 Å². The Balaban J connectivity index is 3.22. The monoisotopic (exact) mass is 283 g/mol. The highest BCUT2D eigenvalue weighted by Gasteiger charge is 2.52. The fourth-order valence-electron chi connectivity index (χ4n) is 3.12. The van der Waals surface area contributed by atoms with Crippen molar-refractivity contribution in [2.24, 2.45) is 0 Å². The molecule has 0 fully saturated rings. The molecule has 112 valence electrons. The molecule has 0 aromatic rings. The van der Waals surface area contributed by atoms with Crippen molar-refractivity contribution in [2.75, 3.05) is 0 Å². The van der Waals surface area contributed by atoms with Gasteiger partial charge in [-0.1, -0.05) is 0 Å². The van der Waals surface area contributed by atoms with Crippen LogP contribution < -0.4 is 4.98 Å². The minimum absolute atomic E-state index is 0.111. The minimum atomic E-state index is -1.95. The molecule has 1 N–H and O–H groups in total. The molecule has 1 aliphatic heterocycles. The van der Waals surface area contributed by atoms with E-state index in [9.17, 15) is 0 Å². The summed E-state index contributed by atoms with van der Waals surface area (Å²) in [5.74, 6) is 0. The van der Waals surface area contributed by atoms with Crippen molar-refractivity contribution >= 4 is 8.56 Å². The van der Waals surface area contributed by atoms with E-state index in [0.29, 0.717) is 0 Å². The predicted molar refractivity (Wildman–Crippen MR) is 86.8 cm³/mol.